The van der Waals surface area contributed by atoms with Crippen molar-refractivity contribution >= 4 is 27.3 Å². The summed E-state index contributed by atoms with van der Waals surface area (Å²) in [6, 6.07) is 12.4. The Balaban J connectivity index is 2.33. The molecule has 112 valence electrons. The van der Waals surface area contributed by atoms with Gasteiger partial charge in [0.2, 0.25) is 10.0 Å². The Labute approximate surface area is 130 Å². The lowest BCUT2D eigenvalue weighted by molar-refractivity contribution is 0.467. The molecule has 2 aromatic rings. The summed E-state index contributed by atoms with van der Waals surface area (Å²) in [5.41, 5.74) is 7.94. The molecule has 0 unspecified atom stereocenters. The number of nitrogens with two attached hydrogens (primary N) is 1. The summed E-state index contributed by atoms with van der Waals surface area (Å²) in [6.07, 6.45) is 0. The van der Waals surface area contributed by atoms with E-state index < -0.39 is 10.0 Å². The predicted molar refractivity (Wildman–Crippen MR) is 85.7 cm³/mol. The summed E-state index contributed by atoms with van der Waals surface area (Å²) < 4.78 is 26.5. The monoisotopic (exact) mass is 324 g/mol. The Kier molecular flexibility index (Phi) is 4.56. The molecule has 0 atom stereocenters. The van der Waals surface area contributed by atoms with Crippen LogP contribution in [-0.4, -0.2) is 19.8 Å². The lowest BCUT2D eigenvalue weighted by Gasteiger charge is -2.19. The molecule has 2 aromatic carbocycles. The van der Waals surface area contributed by atoms with Crippen LogP contribution in [0.15, 0.2) is 47.4 Å². The topological polar surface area (TPSA) is 63.4 Å². The van der Waals surface area contributed by atoms with E-state index >= 15 is 0 Å². The number of aryl methyl sites for hydroxylation is 1. The molecule has 21 heavy (non-hydrogen) atoms. The van der Waals surface area contributed by atoms with Crippen LogP contribution in [0.4, 0.5) is 5.69 Å². The zero-order valence-electron chi connectivity index (χ0n) is 11.9. The second kappa shape index (κ2) is 6.05. The molecule has 0 aliphatic heterocycles. The number of halogens is 1. The summed E-state index contributed by atoms with van der Waals surface area (Å²) in [7, 11) is -2.22. The van der Waals surface area contributed by atoms with Crippen LogP contribution in [0.2, 0.25) is 5.02 Å². The lowest BCUT2D eigenvalue weighted by atomic mass is 10.1. The van der Waals surface area contributed by atoms with Crippen LogP contribution < -0.4 is 5.73 Å². The zero-order valence-corrected chi connectivity index (χ0v) is 13.4. The predicted octanol–water partition coefficient (Wildman–Crippen LogP) is 3.05. The van der Waals surface area contributed by atoms with Gasteiger partial charge in [-0.1, -0.05) is 47.5 Å². The quantitative estimate of drug-likeness (QED) is 0.879. The molecule has 0 radical (unpaired) electrons. The third kappa shape index (κ3) is 3.37. The first-order valence-corrected chi connectivity index (χ1v) is 8.20. The maximum Gasteiger partial charge on any atom is 0.246 e. The largest absolute Gasteiger partial charge is 0.398 e. The van der Waals surface area contributed by atoms with Gasteiger partial charge in [0, 0.05) is 13.6 Å². The smallest absolute Gasteiger partial charge is 0.246 e. The molecule has 0 saturated heterocycles. The van der Waals surface area contributed by atoms with Gasteiger partial charge in [0.1, 0.15) is 4.90 Å². The lowest BCUT2D eigenvalue weighted by Crippen LogP contribution is -2.27. The number of hydrogen-bond acceptors (Lipinski definition) is 3. The maximum atomic E-state index is 12.6. The SMILES string of the molecule is Cc1ccc(CN(C)S(=O)(=O)c2c(N)cccc2Cl)cc1. The second-order valence-electron chi connectivity index (χ2n) is 4.90. The number of anilines is 1. The van der Waals surface area contributed by atoms with Crippen LogP contribution >= 0.6 is 11.6 Å². The Morgan fingerprint density at radius 1 is 1.14 bits per heavy atom. The van der Waals surface area contributed by atoms with Gasteiger partial charge in [-0.05, 0) is 24.6 Å². The van der Waals surface area contributed by atoms with Crippen molar-refractivity contribution < 1.29 is 8.42 Å². The summed E-state index contributed by atoms with van der Waals surface area (Å²) in [4.78, 5) is -0.0405. The van der Waals surface area contributed by atoms with Gasteiger partial charge < -0.3 is 5.73 Å². The Morgan fingerprint density at radius 2 is 1.76 bits per heavy atom. The summed E-state index contributed by atoms with van der Waals surface area (Å²) in [6.45, 7) is 2.24. The fourth-order valence-corrected chi connectivity index (χ4v) is 3.77. The Morgan fingerprint density at radius 3 is 2.33 bits per heavy atom. The van der Waals surface area contributed by atoms with Crippen molar-refractivity contribution in [3.8, 4) is 0 Å². The van der Waals surface area contributed by atoms with Crippen LogP contribution in [0.25, 0.3) is 0 Å². The van der Waals surface area contributed by atoms with E-state index in [1.54, 1.807) is 6.07 Å². The minimum absolute atomic E-state index is 0.0405. The van der Waals surface area contributed by atoms with Gasteiger partial charge in [-0.15, -0.1) is 0 Å². The van der Waals surface area contributed by atoms with Gasteiger partial charge in [0.15, 0.2) is 0 Å². The number of nitrogen functional groups attached to an aromatic ring is 1. The highest BCUT2D eigenvalue weighted by atomic mass is 35.5. The fourth-order valence-electron chi connectivity index (χ4n) is 1.99. The summed E-state index contributed by atoms with van der Waals surface area (Å²) >= 11 is 6.00. The maximum absolute atomic E-state index is 12.6. The molecule has 6 heteroatoms. The van der Waals surface area contributed by atoms with Crippen molar-refractivity contribution in [2.45, 2.75) is 18.4 Å². The highest BCUT2D eigenvalue weighted by Crippen LogP contribution is 2.29. The van der Waals surface area contributed by atoms with Crippen LogP contribution in [0.1, 0.15) is 11.1 Å². The van der Waals surface area contributed by atoms with Crippen molar-refractivity contribution in [2.75, 3.05) is 12.8 Å². The first-order chi connectivity index (χ1) is 9.82. The molecule has 0 heterocycles. The standard InChI is InChI=1S/C15H17ClN2O2S/c1-11-6-8-12(9-7-11)10-18(2)21(19,20)15-13(16)4-3-5-14(15)17/h3-9H,10,17H2,1-2H3. The fraction of sp³-hybridized carbons (Fsp3) is 0.200. The van der Waals surface area contributed by atoms with Gasteiger partial charge in [-0.3, -0.25) is 0 Å². The van der Waals surface area contributed by atoms with E-state index in [0.29, 0.717) is 0 Å². The summed E-state index contributed by atoms with van der Waals surface area (Å²) in [5, 5.41) is 0.130. The first-order valence-electron chi connectivity index (χ1n) is 6.38. The van der Waals surface area contributed by atoms with Crippen LogP contribution in [0.3, 0.4) is 0 Å². The van der Waals surface area contributed by atoms with E-state index in [2.05, 4.69) is 0 Å². The molecule has 0 fully saturated rings. The Hall–Kier alpha value is -1.56. The third-order valence-corrected chi connectivity index (χ3v) is 5.54. The number of sulfonamides is 1. The normalized spacial score (nSPS) is 11.8. The Bertz CT molecular complexity index is 723. The van der Waals surface area contributed by atoms with Crippen LogP contribution in [0.5, 0.6) is 0 Å². The molecule has 2 rings (SSSR count). The van der Waals surface area contributed by atoms with E-state index in [1.165, 1.54) is 23.5 Å². The van der Waals surface area contributed by atoms with E-state index in [4.69, 9.17) is 17.3 Å². The van der Waals surface area contributed by atoms with Crippen LogP contribution in [-0.2, 0) is 16.6 Å². The number of rotatable bonds is 4. The molecular formula is C15H17ClN2O2S. The average Bonchev–Trinajstić information content (AvgIpc) is 2.40. The molecule has 4 nitrogen and oxygen atoms in total. The number of benzene rings is 2. The highest BCUT2D eigenvalue weighted by Gasteiger charge is 2.26. The van der Waals surface area contributed by atoms with Crippen molar-refractivity contribution in [3.05, 3.63) is 58.6 Å². The molecule has 2 N–H and O–H groups in total. The minimum Gasteiger partial charge on any atom is -0.398 e. The minimum atomic E-state index is -3.73. The van der Waals surface area contributed by atoms with E-state index in [0.717, 1.165) is 11.1 Å². The van der Waals surface area contributed by atoms with Gasteiger partial charge in [-0.25, -0.2) is 8.42 Å². The van der Waals surface area contributed by atoms with Crippen molar-refractivity contribution in [3.63, 3.8) is 0 Å². The van der Waals surface area contributed by atoms with Gasteiger partial charge in [-0.2, -0.15) is 4.31 Å². The number of nitrogens with zero attached hydrogens (tertiary/aromatic N) is 1. The molecule has 0 aliphatic carbocycles. The summed E-state index contributed by atoms with van der Waals surface area (Å²) in [5.74, 6) is 0. The molecule has 0 bridgehead atoms. The molecule has 0 saturated carbocycles. The number of hydrogen-bond donors (Lipinski definition) is 1. The second-order valence-corrected chi connectivity index (χ2v) is 7.29. The van der Waals surface area contributed by atoms with Gasteiger partial charge >= 0.3 is 0 Å². The van der Waals surface area contributed by atoms with Crippen molar-refractivity contribution in [2.24, 2.45) is 0 Å². The van der Waals surface area contributed by atoms with Gasteiger partial charge in [0.25, 0.3) is 0 Å². The zero-order chi connectivity index (χ0) is 15.6. The van der Waals surface area contributed by atoms with Crippen molar-refractivity contribution in [1.82, 2.24) is 4.31 Å². The van der Waals surface area contributed by atoms with Crippen LogP contribution in [0, 0.1) is 6.92 Å². The van der Waals surface area contributed by atoms with E-state index in [1.807, 2.05) is 31.2 Å². The molecule has 0 aliphatic rings. The molecule has 0 aromatic heterocycles. The molecule has 0 amide bonds. The van der Waals surface area contributed by atoms with Gasteiger partial charge in [0.05, 0.1) is 10.7 Å². The van der Waals surface area contributed by atoms with E-state index in [-0.39, 0.29) is 22.2 Å². The molecular weight excluding hydrogens is 308 g/mol. The first kappa shape index (κ1) is 15.8. The van der Waals surface area contributed by atoms with Crippen molar-refractivity contribution in [1.29, 1.82) is 0 Å². The molecule has 0 spiro atoms. The van der Waals surface area contributed by atoms with E-state index in [9.17, 15) is 8.42 Å². The average molecular weight is 325 g/mol. The highest BCUT2D eigenvalue weighted by molar-refractivity contribution is 7.89. The third-order valence-electron chi connectivity index (χ3n) is 3.19.